The predicted octanol–water partition coefficient (Wildman–Crippen LogP) is 4.77. The SMILES string of the molecule is CCc1cc(F)c(OCC2CCC2)c(CC(C)C)c1. The first-order chi connectivity index (χ1) is 9.10. The number of ether oxygens (including phenoxy) is 1. The lowest BCUT2D eigenvalue weighted by molar-refractivity contribution is 0.174. The Morgan fingerprint density at radius 2 is 2.05 bits per heavy atom. The maximum atomic E-state index is 14.2. The molecule has 0 spiro atoms. The van der Waals surface area contributed by atoms with Crippen molar-refractivity contribution in [1.82, 2.24) is 0 Å². The van der Waals surface area contributed by atoms with E-state index in [9.17, 15) is 4.39 Å². The normalized spacial score (nSPS) is 15.6. The Kier molecular flexibility index (Phi) is 4.84. The van der Waals surface area contributed by atoms with E-state index < -0.39 is 0 Å². The van der Waals surface area contributed by atoms with E-state index in [4.69, 9.17) is 4.74 Å². The minimum atomic E-state index is -0.186. The first-order valence-corrected chi connectivity index (χ1v) is 7.54. The lowest BCUT2D eigenvalue weighted by Crippen LogP contribution is -2.20. The third-order valence-corrected chi connectivity index (χ3v) is 3.90. The van der Waals surface area contributed by atoms with Gasteiger partial charge in [0, 0.05) is 0 Å². The molecule has 0 aliphatic heterocycles. The fraction of sp³-hybridized carbons (Fsp3) is 0.647. The van der Waals surface area contributed by atoms with Gasteiger partial charge < -0.3 is 4.74 Å². The first-order valence-electron chi connectivity index (χ1n) is 7.54. The summed E-state index contributed by atoms with van der Waals surface area (Å²) in [5, 5.41) is 0. The summed E-state index contributed by atoms with van der Waals surface area (Å²) in [6, 6.07) is 3.74. The highest BCUT2D eigenvalue weighted by Gasteiger charge is 2.20. The molecule has 0 unspecified atom stereocenters. The average molecular weight is 264 g/mol. The van der Waals surface area contributed by atoms with Crippen LogP contribution in [-0.2, 0) is 12.8 Å². The van der Waals surface area contributed by atoms with Crippen LogP contribution in [0.2, 0.25) is 0 Å². The van der Waals surface area contributed by atoms with Gasteiger partial charge in [-0.1, -0.05) is 33.3 Å². The van der Waals surface area contributed by atoms with Crippen molar-refractivity contribution in [2.75, 3.05) is 6.61 Å². The van der Waals surface area contributed by atoms with Gasteiger partial charge in [0.05, 0.1) is 6.61 Å². The molecule has 0 amide bonds. The van der Waals surface area contributed by atoms with Crippen molar-refractivity contribution in [2.24, 2.45) is 11.8 Å². The molecule has 106 valence electrons. The van der Waals surface area contributed by atoms with E-state index in [-0.39, 0.29) is 5.82 Å². The van der Waals surface area contributed by atoms with Crippen LogP contribution in [0.4, 0.5) is 4.39 Å². The Morgan fingerprint density at radius 1 is 1.32 bits per heavy atom. The van der Waals surface area contributed by atoms with Gasteiger partial charge in [0.2, 0.25) is 0 Å². The van der Waals surface area contributed by atoms with Gasteiger partial charge in [-0.25, -0.2) is 4.39 Å². The van der Waals surface area contributed by atoms with Crippen LogP contribution in [0.1, 0.15) is 51.2 Å². The van der Waals surface area contributed by atoms with Gasteiger partial charge in [-0.2, -0.15) is 0 Å². The highest BCUT2D eigenvalue weighted by atomic mass is 19.1. The summed E-state index contributed by atoms with van der Waals surface area (Å²) in [6.45, 7) is 7.05. The van der Waals surface area contributed by atoms with E-state index in [0.29, 0.717) is 24.2 Å². The molecule has 0 N–H and O–H groups in total. The molecule has 0 aromatic heterocycles. The first kappa shape index (κ1) is 14.4. The van der Waals surface area contributed by atoms with E-state index in [0.717, 1.165) is 24.0 Å². The molecule has 1 fully saturated rings. The van der Waals surface area contributed by atoms with E-state index >= 15 is 0 Å². The molecule has 2 heteroatoms. The molecule has 0 atom stereocenters. The quantitative estimate of drug-likeness (QED) is 0.719. The second-order valence-corrected chi connectivity index (χ2v) is 6.13. The highest BCUT2D eigenvalue weighted by Crippen LogP contribution is 2.31. The lowest BCUT2D eigenvalue weighted by Gasteiger charge is -2.26. The summed E-state index contributed by atoms with van der Waals surface area (Å²) < 4.78 is 20.0. The Bertz CT molecular complexity index is 422. The topological polar surface area (TPSA) is 9.23 Å². The van der Waals surface area contributed by atoms with Crippen LogP contribution >= 0.6 is 0 Å². The molecule has 0 radical (unpaired) electrons. The van der Waals surface area contributed by atoms with E-state index in [1.165, 1.54) is 19.3 Å². The van der Waals surface area contributed by atoms with Crippen molar-refractivity contribution in [3.8, 4) is 5.75 Å². The summed E-state index contributed by atoms with van der Waals surface area (Å²) in [5.74, 6) is 1.46. The van der Waals surface area contributed by atoms with Gasteiger partial charge in [-0.15, -0.1) is 0 Å². The standard InChI is InChI=1S/C17H25FO/c1-4-13-9-15(8-12(2)3)17(16(18)10-13)19-11-14-6-5-7-14/h9-10,12,14H,4-8,11H2,1-3H3. The molecule has 0 saturated heterocycles. The molecule has 1 aromatic rings. The summed E-state index contributed by atoms with van der Waals surface area (Å²) in [5.41, 5.74) is 2.09. The number of hydrogen-bond acceptors (Lipinski definition) is 1. The number of rotatable bonds is 6. The Hall–Kier alpha value is -1.05. The van der Waals surface area contributed by atoms with Crippen LogP contribution in [0.25, 0.3) is 0 Å². The van der Waals surface area contributed by atoms with E-state index in [1.807, 2.05) is 0 Å². The number of halogens is 1. The molecule has 0 heterocycles. The maximum Gasteiger partial charge on any atom is 0.165 e. The zero-order valence-electron chi connectivity index (χ0n) is 12.3. The molecule has 1 nitrogen and oxygen atoms in total. The zero-order chi connectivity index (χ0) is 13.8. The summed E-state index contributed by atoms with van der Waals surface area (Å²) in [7, 11) is 0. The minimum Gasteiger partial charge on any atom is -0.490 e. The summed E-state index contributed by atoms with van der Waals surface area (Å²) in [6.07, 6.45) is 5.50. The Labute approximate surface area is 116 Å². The van der Waals surface area contributed by atoms with Crippen molar-refractivity contribution < 1.29 is 9.13 Å². The smallest absolute Gasteiger partial charge is 0.165 e. The van der Waals surface area contributed by atoms with E-state index in [2.05, 4.69) is 26.8 Å². The van der Waals surface area contributed by atoms with Gasteiger partial charge in [0.25, 0.3) is 0 Å². The fourth-order valence-corrected chi connectivity index (χ4v) is 2.53. The van der Waals surface area contributed by atoms with Crippen LogP contribution in [-0.4, -0.2) is 6.61 Å². The predicted molar refractivity (Wildman–Crippen MR) is 77.2 cm³/mol. The molecule has 0 bridgehead atoms. The van der Waals surface area contributed by atoms with Crippen molar-refractivity contribution in [3.05, 3.63) is 29.1 Å². The second-order valence-electron chi connectivity index (χ2n) is 6.13. The van der Waals surface area contributed by atoms with Crippen LogP contribution in [0.5, 0.6) is 5.75 Å². The molecule has 1 saturated carbocycles. The lowest BCUT2D eigenvalue weighted by atomic mass is 9.86. The largest absolute Gasteiger partial charge is 0.490 e. The van der Waals surface area contributed by atoms with E-state index in [1.54, 1.807) is 6.07 Å². The summed E-state index contributed by atoms with van der Waals surface area (Å²) in [4.78, 5) is 0. The molecule has 1 aromatic carbocycles. The Morgan fingerprint density at radius 3 is 2.58 bits per heavy atom. The van der Waals surface area contributed by atoms with Crippen molar-refractivity contribution in [3.63, 3.8) is 0 Å². The van der Waals surface area contributed by atoms with Crippen LogP contribution < -0.4 is 4.74 Å². The van der Waals surface area contributed by atoms with Crippen molar-refractivity contribution in [1.29, 1.82) is 0 Å². The third kappa shape index (κ3) is 3.71. The molecule has 19 heavy (non-hydrogen) atoms. The van der Waals surface area contributed by atoms with Gasteiger partial charge in [0.1, 0.15) is 0 Å². The fourth-order valence-electron chi connectivity index (χ4n) is 2.53. The molecular formula is C17H25FO. The van der Waals surface area contributed by atoms with Gasteiger partial charge in [0.15, 0.2) is 11.6 Å². The maximum absolute atomic E-state index is 14.2. The number of aryl methyl sites for hydroxylation is 1. The molecule has 1 aliphatic carbocycles. The van der Waals surface area contributed by atoms with Crippen molar-refractivity contribution in [2.45, 2.75) is 52.9 Å². The third-order valence-electron chi connectivity index (χ3n) is 3.90. The van der Waals surface area contributed by atoms with Crippen molar-refractivity contribution >= 4 is 0 Å². The Balaban J connectivity index is 2.16. The van der Waals surface area contributed by atoms with Gasteiger partial charge in [-0.3, -0.25) is 0 Å². The number of benzene rings is 1. The zero-order valence-corrected chi connectivity index (χ0v) is 12.3. The van der Waals surface area contributed by atoms with Crippen LogP contribution in [0, 0.1) is 17.7 Å². The monoisotopic (exact) mass is 264 g/mol. The highest BCUT2D eigenvalue weighted by molar-refractivity contribution is 5.39. The molecular weight excluding hydrogens is 239 g/mol. The van der Waals surface area contributed by atoms with Gasteiger partial charge >= 0.3 is 0 Å². The molecule has 1 aliphatic rings. The van der Waals surface area contributed by atoms with Crippen LogP contribution in [0.3, 0.4) is 0 Å². The molecule has 2 rings (SSSR count). The van der Waals surface area contributed by atoms with Gasteiger partial charge in [-0.05, 0) is 54.7 Å². The minimum absolute atomic E-state index is 0.186. The second kappa shape index (κ2) is 6.40. The number of hydrogen-bond donors (Lipinski definition) is 0. The van der Waals surface area contributed by atoms with Crippen LogP contribution in [0.15, 0.2) is 12.1 Å². The summed E-state index contributed by atoms with van der Waals surface area (Å²) >= 11 is 0. The average Bonchev–Trinajstić information content (AvgIpc) is 2.29.